The zero-order valence-corrected chi connectivity index (χ0v) is 8.80. The van der Waals surface area contributed by atoms with Gasteiger partial charge in [0.1, 0.15) is 0 Å². The van der Waals surface area contributed by atoms with E-state index in [-0.39, 0.29) is 12.1 Å². The van der Waals surface area contributed by atoms with Gasteiger partial charge in [0.2, 0.25) is 0 Å². The number of carbonyl (C=O) groups excluding carboxylic acids is 1. The van der Waals surface area contributed by atoms with Crippen molar-refractivity contribution in [3.05, 3.63) is 0 Å². The normalized spacial score (nSPS) is 18.4. The summed E-state index contributed by atoms with van der Waals surface area (Å²) in [7, 11) is 1.61. The van der Waals surface area contributed by atoms with Crippen molar-refractivity contribution in [3.8, 4) is 0 Å². The van der Waals surface area contributed by atoms with E-state index in [4.69, 9.17) is 4.74 Å². The summed E-state index contributed by atoms with van der Waals surface area (Å²) in [6, 6.07) is 0.125. The van der Waals surface area contributed by atoms with Gasteiger partial charge in [-0.25, -0.2) is 4.79 Å². The summed E-state index contributed by atoms with van der Waals surface area (Å²) < 4.78 is 4.82. The third kappa shape index (κ3) is 3.51. The van der Waals surface area contributed by atoms with Crippen LogP contribution in [-0.2, 0) is 4.74 Å². The van der Waals surface area contributed by atoms with Gasteiger partial charge in [0.15, 0.2) is 0 Å². The molecule has 0 spiro atoms. The van der Waals surface area contributed by atoms with Crippen LogP contribution in [0, 0.1) is 5.92 Å². The smallest absolute Gasteiger partial charge is 0.315 e. The minimum Gasteiger partial charge on any atom is -0.383 e. The van der Waals surface area contributed by atoms with Crippen molar-refractivity contribution in [1.29, 1.82) is 0 Å². The van der Waals surface area contributed by atoms with Crippen LogP contribution in [0.3, 0.4) is 0 Å². The van der Waals surface area contributed by atoms with Crippen LogP contribution in [0.25, 0.3) is 0 Å². The zero-order valence-electron chi connectivity index (χ0n) is 8.80. The molecule has 0 aliphatic carbocycles. The van der Waals surface area contributed by atoms with Crippen LogP contribution in [0.1, 0.15) is 6.92 Å². The summed E-state index contributed by atoms with van der Waals surface area (Å²) in [6.07, 6.45) is 0. The van der Waals surface area contributed by atoms with Gasteiger partial charge in [0.25, 0.3) is 0 Å². The number of ether oxygens (including phenoxy) is 1. The lowest BCUT2D eigenvalue weighted by molar-refractivity contribution is 0.192. The van der Waals surface area contributed by atoms with Crippen molar-refractivity contribution in [2.24, 2.45) is 5.92 Å². The van der Waals surface area contributed by atoms with E-state index in [0.717, 1.165) is 13.1 Å². The van der Waals surface area contributed by atoms with E-state index >= 15 is 0 Å². The van der Waals surface area contributed by atoms with Crippen LogP contribution in [0.2, 0.25) is 0 Å². The summed E-state index contributed by atoms with van der Waals surface area (Å²) in [6.45, 7) is 5.13. The fraction of sp³-hybridized carbons (Fsp3) is 0.889. The van der Waals surface area contributed by atoms with E-state index in [1.54, 1.807) is 7.11 Å². The molecule has 2 amide bonds. The van der Waals surface area contributed by atoms with E-state index in [2.05, 4.69) is 16.0 Å². The molecule has 5 heteroatoms. The first kappa shape index (κ1) is 11.3. The monoisotopic (exact) mass is 201 g/mol. The molecule has 1 atom stereocenters. The van der Waals surface area contributed by atoms with Crippen LogP contribution in [0.5, 0.6) is 0 Å². The van der Waals surface area contributed by atoms with Gasteiger partial charge in [-0.3, -0.25) is 0 Å². The maximum Gasteiger partial charge on any atom is 0.315 e. The van der Waals surface area contributed by atoms with Gasteiger partial charge in [-0.05, 0) is 6.92 Å². The fourth-order valence-electron chi connectivity index (χ4n) is 1.31. The number of nitrogens with one attached hydrogen (secondary N) is 3. The second kappa shape index (κ2) is 5.82. The summed E-state index contributed by atoms with van der Waals surface area (Å²) >= 11 is 0. The van der Waals surface area contributed by atoms with Crippen molar-refractivity contribution in [2.75, 3.05) is 33.4 Å². The van der Waals surface area contributed by atoms with Crippen LogP contribution in [0.4, 0.5) is 4.79 Å². The molecule has 1 saturated heterocycles. The highest BCUT2D eigenvalue weighted by atomic mass is 16.5. The van der Waals surface area contributed by atoms with Gasteiger partial charge in [-0.2, -0.15) is 0 Å². The standard InChI is InChI=1S/C9H19N3O2/c1-7(8-5-10-6-8)12-9(13)11-3-4-14-2/h7-8,10H,3-6H2,1-2H3,(H2,11,12,13). The molecule has 1 unspecified atom stereocenters. The minimum atomic E-state index is -0.110. The lowest BCUT2D eigenvalue weighted by Gasteiger charge is -2.32. The average molecular weight is 201 g/mol. The predicted molar refractivity (Wildman–Crippen MR) is 54.2 cm³/mol. The molecule has 0 radical (unpaired) electrons. The molecule has 14 heavy (non-hydrogen) atoms. The second-order valence-electron chi connectivity index (χ2n) is 3.60. The molecule has 3 N–H and O–H groups in total. The topological polar surface area (TPSA) is 62.4 Å². The molecule has 0 bridgehead atoms. The van der Waals surface area contributed by atoms with E-state index in [9.17, 15) is 4.79 Å². The Labute approximate surface area is 84.6 Å². The molecule has 1 aliphatic heterocycles. The van der Waals surface area contributed by atoms with Crippen molar-refractivity contribution in [1.82, 2.24) is 16.0 Å². The largest absolute Gasteiger partial charge is 0.383 e. The Balaban J connectivity index is 2.06. The first-order valence-electron chi connectivity index (χ1n) is 4.98. The molecule has 0 aromatic rings. The summed E-state index contributed by atoms with van der Waals surface area (Å²) in [5.41, 5.74) is 0. The Hall–Kier alpha value is -0.810. The first-order valence-corrected chi connectivity index (χ1v) is 4.98. The predicted octanol–water partition coefficient (Wildman–Crippen LogP) is -0.460. The highest BCUT2D eigenvalue weighted by Gasteiger charge is 2.24. The Morgan fingerprint density at radius 3 is 2.86 bits per heavy atom. The van der Waals surface area contributed by atoms with Gasteiger partial charge in [-0.1, -0.05) is 0 Å². The third-order valence-corrected chi connectivity index (χ3v) is 2.47. The lowest BCUT2D eigenvalue weighted by Crippen LogP contribution is -2.55. The Morgan fingerprint density at radius 2 is 2.36 bits per heavy atom. The maximum atomic E-state index is 11.3. The highest BCUT2D eigenvalue weighted by Crippen LogP contribution is 2.07. The van der Waals surface area contributed by atoms with Crippen LogP contribution in [0.15, 0.2) is 0 Å². The third-order valence-electron chi connectivity index (χ3n) is 2.47. The van der Waals surface area contributed by atoms with Crippen LogP contribution >= 0.6 is 0 Å². The SMILES string of the molecule is COCCNC(=O)NC(C)C1CNC1. The Bertz CT molecular complexity index is 183. The fourth-order valence-corrected chi connectivity index (χ4v) is 1.31. The van der Waals surface area contributed by atoms with Gasteiger partial charge in [0.05, 0.1) is 6.61 Å². The van der Waals surface area contributed by atoms with E-state index in [1.807, 2.05) is 6.92 Å². The van der Waals surface area contributed by atoms with Crippen molar-refractivity contribution < 1.29 is 9.53 Å². The Kier molecular flexibility index (Phi) is 4.69. The molecular weight excluding hydrogens is 182 g/mol. The van der Waals surface area contributed by atoms with E-state index in [0.29, 0.717) is 19.1 Å². The van der Waals surface area contributed by atoms with E-state index in [1.165, 1.54) is 0 Å². The van der Waals surface area contributed by atoms with Crippen molar-refractivity contribution in [2.45, 2.75) is 13.0 Å². The lowest BCUT2D eigenvalue weighted by atomic mass is 9.95. The molecule has 82 valence electrons. The van der Waals surface area contributed by atoms with Gasteiger partial charge >= 0.3 is 6.03 Å². The highest BCUT2D eigenvalue weighted by molar-refractivity contribution is 5.74. The molecule has 1 fully saturated rings. The van der Waals surface area contributed by atoms with Gasteiger partial charge in [-0.15, -0.1) is 0 Å². The quantitative estimate of drug-likeness (QED) is 0.527. The zero-order chi connectivity index (χ0) is 10.4. The number of amides is 2. The minimum absolute atomic E-state index is 0.110. The number of carbonyl (C=O) groups is 1. The average Bonchev–Trinajstić information content (AvgIpc) is 2.00. The number of methoxy groups -OCH3 is 1. The number of hydrogen-bond donors (Lipinski definition) is 3. The molecule has 1 aliphatic rings. The molecule has 1 rings (SSSR count). The van der Waals surface area contributed by atoms with E-state index < -0.39 is 0 Å². The first-order chi connectivity index (χ1) is 6.74. The molecule has 0 aromatic carbocycles. The maximum absolute atomic E-state index is 11.3. The molecule has 0 saturated carbocycles. The van der Waals surface area contributed by atoms with Crippen LogP contribution < -0.4 is 16.0 Å². The second-order valence-corrected chi connectivity index (χ2v) is 3.60. The van der Waals surface area contributed by atoms with Crippen molar-refractivity contribution in [3.63, 3.8) is 0 Å². The van der Waals surface area contributed by atoms with Gasteiger partial charge < -0.3 is 20.7 Å². The number of hydrogen-bond acceptors (Lipinski definition) is 3. The summed E-state index contributed by atoms with van der Waals surface area (Å²) in [5, 5.41) is 8.79. The molecular formula is C9H19N3O2. The summed E-state index contributed by atoms with van der Waals surface area (Å²) in [5.74, 6) is 0.572. The molecule has 1 heterocycles. The molecule has 0 aromatic heterocycles. The molecule has 5 nitrogen and oxygen atoms in total. The summed E-state index contributed by atoms with van der Waals surface area (Å²) in [4.78, 5) is 11.3. The van der Waals surface area contributed by atoms with Gasteiger partial charge in [0, 0.05) is 38.7 Å². The number of rotatable bonds is 5. The van der Waals surface area contributed by atoms with Crippen molar-refractivity contribution >= 4 is 6.03 Å². The number of urea groups is 1. The Morgan fingerprint density at radius 1 is 1.64 bits per heavy atom. The van der Waals surface area contributed by atoms with Crippen LogP contribution in [-0.4, -0.2) is 45.4 Å².